The lowest BCUT2D eigenvalue weighted by molar-refractivity contribution is -0.137. The van der Waals surface area contributed by atoms with Gasteiger partial charge in [-0.3, -0.25) is 4.79 Å². The first-order valence-electron chi connectivity index (χ1n) is 16.5. The molecule has 14 heteroatoms. The first-order valence-corrected chi connectivity index (χ1v) is 16.9. The summed E-state index contributed by atoms with van der Waals surface area (Å²) in [5.74, 6) is 0.819. The molecule has 0 atom stereocenters. The van der Waals surface area contributed by atoms with Gasteiger partial charge in [0.15, 0.2) is 0 Å². The molecule has 0 radical (unpaired) electrons. The standard InChI is InChI=1S/C37H42ClF3N6O4/c1-36(2,49)27-18-32(51-25-9-6-8-24(16-25)37(39,40)41)28(38)19-30(27)45-35-26-17-31(44-34(48)10-7-13-46(3)4)33(20-29(26)42-22-43-35)50-21-23-11-14-47(5)15-12-23/h6-10,16-20,22-23,49H,11-15,21H2,1-5H3,(H,44,48)(H,42,43,45)/b10-7+. The molecule has 1 saturated heterocycles. The summed E-state index contributed by atoms with van der Waals surface area (Å²) in [5.41, 5.74) is -0.662. The van der Waals surface area contributed by atoms with Crippen molar-refractivity contribution < 1.29 is 32.5 Å². The van der Waals surface area contributed by atoms with Crippen LogP contribution in [0.3, 0.4) is 0 Å². The van der Waals surface area contributed by atoms with Crippen molar-refractivity contribution in [1.29, 1.82) is 0 Å². The lowest BCUT2D eigenvalue weighted by atomic mass is 9.96. The van der Waals surface area contributed by atoms with Crippen LogP contribution in [0.4, 0.5) is 30.4 Å². The summed E-state index contributed by atoms with van der Waals surface area (Å²) >= 11 is 6.61. The summed E-state index contributed by atoms with van der Waals surface area (Å²) in [5, 5.41) is 18.0. The summed E-state index contributed by atoms with van der Waals surface area (Å²) in [6.07, 6.45) is 2.06. The second-order valence-electron chi connectivity index (χ2n) is 13.4. The van der Waals surface area contributed by atoms with Crippen LogP contribution in [-0.4, -0.2) is 78.2 Å². The molecule has 1 aliphatic rings. The molecule has 0 spiro atoms. The van der Waals surface area contributed by atoms with E-state index >= 15 is 0 Å². The van der Waals surface area contributed by atoms with Crippen molar-refractivity contribution in [1.82, 2.24) is 19.8 Å². The number of rotatable bonds is 12. The number of fused-ring (bicyclic) bond motifs is 1. The maximum absolute atomic E-state index is 13.3. The fourth-order valence-corrected chi connectivity index (χ4v) is 5.82. The molecule has 5 rings (SSSR count). The van der Waals surface area contributed by atoms with E-state index in [0.29, 0.717) is 58.5 Å². The first kappa shape index (κ1) is 37.8. The normalized spacial score (nSPS) is 14.7. The van der Waals surface area contributed by atoms with E-state index in [1.165, 1.54) is 36.7 Å². The van der Waals surface area contributed by atoms with Crippen molar-refractivity contribution in [2.75, 3.05) is 58.0 Å². The number of aliphatic hydroxyl groups is 1. The van der Waals surface area contributed by atoms with E-state index in [4.69, 9.17) is 21.1 Å². The number of piperidine rings is 1. The maximum atomic E-state index is 13.3. The number of anilines is 3. The second-order valence-corrected chi connectivity index (χ2v) is 13.8. The fourth-order valence-electron chi connectivity index (χ4n) is 5.61. The third kappa shape index (κ3) is 10.1. The van der Waals surface area contributed by atoms with Crippen LogP contribution in [-0.2, 0) is 16.6 Å². The van der Waals surface area contributed by atoms with E-state index in [1.807, 2.05) is 19.0 Å². The van der Waals surface area contributed by atoms with E-state index in [0.717, 1.165) is 38.1 Å². The zero-order chi connectivity index (χ0) is 36.9. The van der Waals surface area contributed by atoms with Crippen molar-refractivity contribution in [2.24, 2.45) is 5.92 Å². The number of alkyl halides is 3. The average molecular weight is 727 g/mol. The number of benzene rings is 3. The molecule has 10 nitrogen and oxygen atoms in total. The average Bonchev–Trinajstić information content (AvgIpc) is 3.05. The zero-order valence-corrected chi connectivity index (χ0v) is 29.9. The van der Waals surface area contributed by atoms with Gasteiger partial charge in [-0.15, -0.1) is 0 Å². The molecule has 0 saturated carbocycles. The van der Waals surface area contributed by atoms with Crippen LogP contribution in [0.15, 0.2) is 67.0 Å². The Hall–Kier alpha value is -4.43. The van der Waals surface area contributed by atoms with Gasteiger partial charge in [-0.05, 0) is 103 Å². The Kier molecular flexibility index (Phi) is 11.8. The molecule has 272 valence electrons. The number of nitrogens with zero attached hydrogens (tertiary/aromatic N) is 4. The smallest absolute Gasteiger partial charge is 0.416 e. The van der Waals surface area contributed by atoms with Gasteiger partial charge in [-0.25, -0.2) is 9.97 Å². The summed E-state index contributed by atoms with van der Waals surface area (Å²) in [4.78, 5) is 26.1. The highest BCUT2D eigenvalue weighted by molar-refractivity contribution is 6.32. The van der Waals surface area contributed by atoms with Crippen molar-refractivity contribution in [2.45, 2.75) is 38.5 Å². The third-order valence-corrected chi connectivity index (χ3v) is 8.72. The van der Waals surface area contributed by atoms with Gasteiger partial charge in [0.05, 0.1) is 34.0 Å². The maximum Gasteiger partial charge on any atom is 0.416 e. The predicted molar refractivity (Wildman–Crippen MR) is 193 cm³/mol. The molecule has 51 heavy (non-hydrogen) atoms. The number of likely N-dealkylation sites (tertiary alicyclic amines) is 1. The Morgan fingerprint density at radius 2 is 1.82 bits per heavy atom. The minimum Gasteiger partial charge on any atom is -0.491 e. The van der Waals surface area contributed by atoms with E-state index in [-0.39, 0.29) is 22.4 Å². The van der Waals surface area contributed by atoms with Gasteiger partial charge in [0.1, 0.15) is 29.4 Å². The highest BCUT2D eigenvalue weighted by atomic mass is 35.5. The Bertz CT molecular complexity index is 1890. The van der Waals surface area contributed by atoms with Crippen molar-refractivity contribution >= 4 is 45.6 Å². The summed E-state index contributed by atoms with van der Waals surface area (Å²) in [6.45, 7) is 6.16. The number of aromatic nitrogens is 2. The number of ether oxygens (including phenoxy) is 2. The predicted octanol–water partition coefficient (Wildman–Crippen LogP) is 7.84. The molecule has 1 fully saturated rings. The Morgan fingerprint density at radius 1 is 1.08 bits per heavy atom. The van der Waals surface area contributed by atoms with Crippen molar-refractivity contribution in [3.05, 3.63) is 83.2 Å². The fraction of sp³-hybridized carbons (Fsp3) is 0.378. The minimum atomic E-state index is -4.56. The molecule has 3 N–H and O–H groups in total. The SMILES string of the molecule is CN(C)C/C=C/C(=O)Nc1cc2c(Nc3cc(Cl)c(Oc4cccc(C(F)(F)F)c4)cc3C(C)(C)O)ncnc2cc1OCC1CCN(C)CC1. The second kappa shape index (κ2) is 15.9. The van der Waals surface area contributed by atoms with Gasteiger partial charge in [0.25, 0.3) is 0 Å². The number of hydrogen-bond acceptors (Lipinski definition) is 9. The van der Waals surface area contributed by atoms with E-state index in [9.17, 15) is 23.1 Å². The number of hydrogen-bond donors (Lipinski definition) is 3. The van der Waals surface area contributed by atoms with Crippen LogP contribution in [0.1, 0.15) is 37.8 Å². The van der Waals surface area contributed by atoms with Crippen LogP contribution < -0.4 is 20.1 Å². The van der Waals surface area contributed by atoms with Crippen LogP contribution in [0, 0.1) is 5.92 Å². The number of nitrogens with one attached hydrogen (secondary N) is 2. The highest BCUT2D eigenvalue weighted by Gasteiger charge is 2.31. The van der Waals surface area contributed by atoms with Gasteiger partial charge in [0, 0.05) is 35.3 Å². The molecule has 4 aromatic rings. The third-order valence-electron chi connectivity index (χ3n) is 8.42. The zero-order valence-electron chi connectivity index (χ0n) is 29.1. The monoisotopic (exact) mass is 726 g/mol. The molecule has 0 bridgehead atoms. The van der Waals surface area contributed by atoms with Crippen LogP contribution in [0.25, 0.3) is 10.9 Å². The van der Waals surface area contributed by atoms with E-state index in [1.54, 1.807) is 32.1 Å². The number of likely N-dealkylation sites (N-methyl/N-ethyl adjacent to an activating group) is 1. The summed E-state index contributed by atoms with van der Waals surface area (Å²) in [6, 6.07) is 10.9. The highest BCUT2D eigenvalue weighted by Crippen LogP contribution is 2.42. The molecule has 0 aliphatic carbocycles. The van der Waals surface area contributed by atoms with Crippen LogP contribution >= 0.6 is 11.6 Å². The molecular weight excluding hydrogens is 685 g/mol. The number of amides is 1. The molecule has 1 amide bonds. The largest absolute Gasteiger partial charge is 0.491 e. The quantitative estimate of drug-likeness (QED) is 0.126. The van der Waals surface area contributed by atoms with E-state index < -0.39 is 17.3 Å². The molecule has 0 unspecified atom stereocenters. The molecule has 1 aromatic heterocycles. The minimum absolute atomic E-state index is 0.0462. The first-order chi connectivity index (χ1) is 24.1. The summed E-state index contributed by atoms with van der Waals surface area (Å²) in [7, 11) is 5.91. The van der Waals surface area contributed by atoms with Gasteiger partial charge in [0.2, 0.25) is 5.91 Å². The lowest BCUT2D eigenvalue weighted by Gasteiger charge is -2.29. The van der Waals surface area contributed by atoms with Crippen LogP contribution in [0.2, 0.25) is 5.02 Å². The lowest BCUT2D eigenvalue weighted by Crippen LogP contribution is -2.32. The topological polar surface area (TPSA) is 112 Å². The van der Waals surface area contributed by atoms with E-state index in [2.05, 4.69) is 32.5 Å². The number of carbonyl (C=O) groups is 1. The van der Waals surface area contributed by atoms with Crippen LogP contribution in [0.5, 0.6) is 17.2 Å². The molecule has 2 heterocycles. The van der Waals surface area contributed by atoms with Gasteiger partial charge >= 0.3 is 6.18 Å². The Labute approximate surface area is 300 Å². The molecule has 1 aliphatic heterocycles. The number of halogens is 4. The number of carbonyl (C=O) groups excluding carboxylic acids is 1. The van der Waals surface area contributed by atoms with Crippen molar-refractivity contribution in [3.63, 3.8) is 0 Å². The van der Waals surface area contributed by atoms with Gasteiger partial charge in [-0.2, -0.15) is 13.2 Å². The summed E-state index contributed by atoms with van der Waals surface area (Å²) < 4.78 is 52.1. The Morgan fingerprint density at radius 3 is 2.51 bits per heavy atom. The van der Waals surface area contributed by atoms with Gasteiger partial charge < -0.3 is 35.0 Å². The van der Waals surface area contributed by atoms with Crippen molar-refractivity contribution in [3.8, 4) is 17.2 Å². The molecular formula is C37H42ClF3N6O4. The molecule has 3 aromatic carbocycles. The van der Waals surface area contributed by atoms with Gasteiger partial charge in [-0.1, -0.05) is 23.7 Å². The Balaban J connectivity index is 1.49.